The highest BCUT2D eigenvalue weighted by molar-refractivity contribution is 5.89. The Morgan fingerprint density at radius 1 is 1.25 bits per heavy atom. The third kappa shape index (κ3) is 5.61. The normalized spacial score (nSPS) is 12.4. The summed E-state index contributed by atoms with van der Waals surface area (Å²) in [6.45, 7) is 9.45. The molecule has 0 radical (unpaired) electrons. The van der Waals surface area contributed by atoms with Crippen LogP contribution in [0.25, 0.3) is 0 Å². The average molecular weight is 278 g/mol. The van der Waals surface area contributed by atoms with E-state index in [0.29, 0.717) is 11.3 Å². The van der Waals surface area contributed by atoms with E-state index >= 15 is 0 Å². The molecule has 0 aliphatic heterocycles. The van der Waals surface area contributed by atoms with E-state index in [0.717, 1.165) is 32.5 Å². The van der Waals surface area contributed by atoms with Crippen LogP contribution in [0.5, 0.6) is 0 Å². The highest BCUT2D eigenvalue weighted by atomic mass is 16.5. The number of esters is 1. The third-order valence-corrected chi connectivity index (χ3v) is 3.43. The first-order valence-electron chi connectivity index (χ1n) is 7.35. The first-order chi connectivity index (χ1) is 9.56. The summed E-state index contributed by atoms with van der Waals surface area (Å²) in [7, 11) is 0. The predicted octanol–water partition coefficient (Wildman–Crippen LogP) is 2.94. The second-order valence-corrected chi connectivity index (χ2v) is 5.01. The summed E-state index contributed by atoms with van der Waals surface area (Å²) in [6.07, 6.45) is 1.87. The molecule has 0 heterocycles. The van der Waals surface area contributed by atoms with Crippen LogP contribution >= 0.6 is 0 Å². The van der Waals surface area contributed by atoms with E-state index in [1.807, 2.05) is 6.92 Å². The third-order valence-electron chi connectivity index (χ3n) is 3.43. The predicted molar refractivity (Wildman–Crippen MR) is 82.8 cm³/mol. The molecule has 0 aliphatic rings. The lowest BCUT2D eigenvalue weighted by Gasteiger charge is -2.19. The molecule has 0 saturated carbocycles. The molecule has 20 heavy (non-hydrogen) atoms. The number of anilines is 1. The van der Waals surface area contributed by atoms with Gasteiger partial charge in [-0.2, -0.15) is 0 Å². The number of hydrogen-bond donors (Lipinski definition) is 1. The van der Waals surface area contributed by atoms with Gasteiger partial charge in [-0.05, 0) is 63.7 Å². The molecule has 0 bridgehead atoms. The molecular weight excluding hydrogens is 252 g/mol. The molecule has 1 aromatic carbocycles. The van der Waals surface area contributed by atoms with E-state index in [-0.39, 0.29) is 12.1 Å². The number of carbonyl (C=O) groups excluding carboxylic acids is 1. The quantitative estimate of drug-likeness (QED) is 0.587. The van der Waals surface area contributed by atoms with Gasteiger partial charge in [0.15, 0.2) is 0 Å². The smallest absolute Gasteiger partial charge is 0.338 e. The fraction of sp³-hybridized carbons (Fsp3) is 0.562. The van der Waals surface area contributed by atoms with Crippen LogP contribution in [-0.2, 0) is 4.74 Å². The van der Waals surface area contributed by atoms with Crippen molar-refractivity contribution in [1.29, 1.82) is 0 Å². The highest BCUT2D eigenvalue weighted by Gasteiger charge is 2.12. The maximum atomic E-state index is 11.9. The maximum absolute atomic E-state index is 11.9. The fourth-order valence-corrected chi connectivity index (χ4v) is 2.07. The van der Waals surface area contributed by atoms with Gasteiger partial charge in [-0.15, -0.1) is 0 Å². The minimum absolute atomic E-state index is 0.0596. The van der Waals surface area contributed by atoms with Gasteiger partial charge in [0.05, 0.1) is 11.7 Å². The van der Waals surface area contributed by atoms with Crippen LogP contribution in [0.15, 0.2) is 24.3 Å². The molecule has 0 spiro atoms. The number of rotatable bonds is 8. The Kier molecular flexibility index (Phi) is 7.09. The minimum atomic E-state index is -0.277. The Hall–Kier alpha value is -1.55. The molecule has 1 aromatic rings. The fourth-order valence-electron chi connectivity index (χ4n) is 2.07. The Morgan fingerprint density at radius 3 is 2.40 bits per heavy atom. The molecule has 0 amide bonds. The van der Waals surface area contributed by atoms with Gasteiger partial charge in [0, 0.05) is 5.69 Å². The average Bonchev–Trinajstić information content (AvgIpc) is 2.44. The summed E-state index contributed by atoms with van der Waals surface area (Å²) in [5, 5.41) is 0. The molecule has 112 valence electrons. The van der Waals surface area contributed by atoms with E-state index in [1.54, 1.807) is 24.3 Å². The van der Waals surface area contributed by atoms with Gasteiger partial charge < -0.3 is 15.4 Å². The van der Waals surface area contributed by atoms with E-state index < -0.39 is 0 Å². The van der Waals surface area contributed by atoms with Crippen LogP contribution in [0.2, 0.25) is 0 Å². The highest BCUT2D eigenvalue weighted by Crippen LogP contribution is 2.10. The molecule has 0 aliphatic carbocycles. The Balaban J connectivity index is 2.33. The van der Waals surface area contributed by atoms with Crippen molar-refractivity contribution in [2.24, 2.45) is 0 Å². The van der Waals surface area contributed by atoms with Gasteiger partial charge in [-0.1, -0.05) is 13.8 Å². The molecular formula is C16H26N2O2. The standard InChI is InChI=1S/C16H26N2O2/c1-4-18(5-2)12-6-7-13(3)20-16(19)14-8-10-15(17)11-9-14/h8-11,13H,4-7,12,17H2,1-3H3/t13-/m1/s1. The van der Waals surface area contributed by atoms with Crippen LogP contribution in [0.3, 0.4) is 0 Å². The van der Waals surface area contributed by atoms with E-state index in [9.17, 15) is 4.79 Å². The second-order valence-electron chi connectivity index (χ2n) is 5.01. The molecule has 0 unspecified atom stereocenters. The van der Waals surface area contributed by atoms with Crippen LogP contribution in [0, 0.1) is 0 Å². The van der Waals surface area contributed by atoms with E-state index in [1.165, 1.54) is 0 Å². The summed E-state index contributed by atoms with van der Waals surface area (Å²) < 4.78 is 5.43. The number of benzene rings is 1. The molecule has 0 saturated heterocycles. The molecule has 0 fully saturated rings. The zero-order chi connectivity index (χ0) is 15.0. The van der Waals surface area contributed by atoms with Crippen molar-refractivity contribution in [3.8, 4) is 0 Å². The van der Waals surface area contributed by atoms with E-state index in [4.69, 9.17) is 10.5 Å². The number of carbonyl (C=O) groups is 1. The minimum Gasteiger partial charge on any atom is -0.459 e. The van der Waals surface area contributed by atoms with Crippen molar-refractivity contribution < 1.29 is 9.53 Å². The number of nitrogens with zero attached hydrogens (tertiary/aromatic N) is 1. The van der Waals surface area contributed by atoms with Gasteiger partial charge >= 0.3 is 5.97 Å². The van der Waals surface area contributed by atoms with Gasteiger partial charge in [0.1, 0.15) is 0 Å². The number of hydrogen-bond acceptors (Lipinski definition) is 4. The molecule has 1 atom stereocenters. The lowest BCUT2D eigenvalue weighted by molar-refractivity contribution is 0.0315. The summed E-state index contributed by atoms with van der Waals surface area (Å²) in [6, 6.07) is 6.81. The topological polar surface area (TPSA) is 55.6 Å². The van der Waals surface area contributed by atoms with Crippen molar-refractivity contribution in [2.75, 3.05) is 25.4 Å². The van der Waals surface area contributed by atoms with Gasteiger partial charge in [0.2, 0.25) is 0 Å². The number of ether oxygens (including phenoxy) is 1. The van der Waals surface area contributed by atoms with Crippen molar-refractivity contribution in [2.45, 2.75) is 39.7 Å². The largest absolute Gasteiger partial charge is 0.459 e. The summed E-state index contributed by atoms with van der Waals surface area (Å²) in [5.41, 5.74) is 6.79. The first kappa shape index (κ1) is 16.5. The molecule has 4 heteroatoms. The van der Waals surface area contributed by atoms with Gasteiger partial charge in [-0.25, -0.2) is 4.79 Å². The van der Waals surface area contributed by atoms with Crippen LogP contribution in [0.4, 0.5) is 5.69 Å². The number of nitrogen functional groups attached to an aromatic ring is 1. The zero-order valence-corrected chi connectivity index (χ0v) is 12.8. The summed E-state index contributed by atoms with van der Waals surface area (Å²) in [4.78, 5) is 14.3. The lowest BCUT2D eigenvalue weighted by Crippen LogP contribution is -2.25. The molecule has 2 N–H and O–H groups in total. The SMILES string of the molecule is CCN(CC)CCC[C@@H](C)OC(=O)c1ccc(N)cc1. The van der Waals surface area contributed by atoms with Crippen molar-refractivity contribution in [3.05, 3.63) is 29.8 Å². The maximum Gasteiger partial charge on any atom is 0.338 e. The Labute approximate surface area is 121 Å². The van der Waals surface area contributed by atoms with Crippen molar-refractivity contribution in [1.82, 2.24) is 4.90 Å². The Bertz CT molecular complexity index is 399. The monoisotopic (exact) mass is 278 g/mol. The summed E-state index contributed by atoms with van der Waals surface area (Å²) >= 11 is 0. The van der Waals surface area contributed by atoms with Crippen LogP contribution in [0.1, 0.15) is 44.0 Å². The van der Waals surface area contributed by atoms with Gasteiger partial charge in [0.25, 0.3) is 0 Å². The second kappa shape index (κ2) is 8.59. The van der Waals surface area contributed by atoms with Crippen molar-refractivity contribution >= 4 is 11.7 Å². The zero-order valence-electron chi connectivity index (χ0n) is 12.8. The number of nitrogens with two attached hydrogens (primary N) is 1. The first-order valence-corrected chi connectivity index (χ1v) is 7.35. The molecule has 4 nitrogen and oxygen atoms in total. The van der Waals surface area contributed by atoms with Gasteiger partial charge in [-0.3, -0.25) is 0 Å². The molecule has 1 rings (SSSR count). The van der Waals surface area contributed by atoms with E-state index in [2.05, 4.69) is 18.7 Å². The van der Waals surface area contributed by atoms with Crippen LogP contribution in [-0.4, -0.2) is 36.6 Å². The summed E-state index contributed by atoms with van der Waals surface area (Å²) in [5.74, 6) is -0.277. The van der Waals surface area contributed by atoms with Crippen LogP contribution < -0.4 is 5.73 Å². The van der Waals surface area contributed by atoms with Crippen molar-refractivity contribution in [3.63, 3.8) is 0 Å². The Morgan fingerprint density at radius 2 is 1.85 bits per heavy atom. The molecule has 0 aromatic heterocycles. The lowest BCUT2D eigenvalue weighted by atomic mass is 10.2.